The highest BCUT2D eigenvalue weighted by molar-refractivity contribution is 6.30. The third-order valence-corrected chi connectivity index (χ3v) is 6.18. The predicted octanol–water partition coefficient (Wildman–Crippen LogP) is 3.16. The van der Waals surface area contributed by atoms with Crippen molar-refractivity contribution in [1.29, 1.82) is 0 Å². The van der Waals surface area contributed by atoms with Crippen LogP contribution in [0.4, 0.5) is 0 Å². The normalized spacial score (nSPS) is 19.6. The van der Waals surface area contributed by atoms with E-state index in [2.05, 4.69) is 9.80 Å². The number of halogens is 1. The molecule has 1 aliphatic heterocycles. The number of hydrogen-bond donors (Lipinski definition) is 0. The van der Waals surface area contributed by atoms with Crippen molar-refractivity contribution in [3.63, 3.8) is 0 Å². The largest absolute Gasteiger partial charge is 0.493 e. The molecule has 4 rings (SSSR count). The maximum atomic E-state index is 13.0. The van der Waals surface area contributed by atoms with Crippen LogP contribution in [0.15, 0.2) is 36.4 Å². The molecule has 1 unspecified atom stereocenters. The Labute approximate surface area is 182 Å². The monoisotopic (exact) mass is 430 g/mol. The molecule has 0 saturated carbocycles. The number of methoxy groups -OCH3 is 2. The number of fused-ring (bicyclic) bond motifs is 1. The molecule has 30 heavy (non-hydrogen) atoms. The van der Waals surface area contributed by atoms with E-state index in [0.29, 0.717) is 23.1 Å². The second-order valence-electron chi connectivity index (χ2n) is 7.63. The van der Waals surface area contributed by atoms with E-state index in [4.69, 9.17) is 25.8 Å². The van der Waals surface area contributed by atoms with Crippen molar-refractivity contribution >= 4 is 17.4 Å². The SMILES string of the molecule is COc1cc2c(cc1OC)C(=O)C(N1CCN(CCOc3ccc(Cl)cc3)CC1)C2. The summed E-state index contributed by atoms with van der Waals surface area (Å²) in [5, 5.41) is 0.707. The van der Waals surface area contributed by atoms with Gasteiger partial charge in [0.15, 0.2) is 17.3 Å². The summed E-state index contributed by atoms with van der Waals surface area (Å²) in [4.78, 5) is 17.7. The molecule has 1 fully saturated rings. The lowest BCUT2D eigenvalue weighted by Gasteiger charge is -2.37. The van der Waals surface area contributed by atoms with E-state index in [9.17, 15) is 4.79 Å². The van der Waals surface area contributed by atoms with E-state index >= 15 is 0 Å². The molecule has 7 heteroatoms. The van der Waals surface area contributed by atoms with Crippen LogP contribution in [0.1, 0.15) is 15.9 Å². The molecule has 1 aliphatic carbocycles. The topological polar surface area (TPSA) is 51.2 Å². The van der Waals surface area contributed by atoms with Gasteiger partial charge in [0, 0.05) is 43.3 Å². The summed E-state index contributed by atoms with van der Waals surface area (Å²) in [6.07, 6.45) is 0.730. The smallest absolute Gasteiger partial charge is 0.180 e. The second-order valence-corrected chi connectivity index (χ2v) is 8.06. The van der Waals surface area contributed by atoms with E-state index in [-0.39, 0.29) is 11.8 Å². The van der Waals surface area contributed by atoms with Gasteiger partial charge >= 0.3 is 0 Å². The minimum atomic E-state index is -0.0933. The van der Waals surface area contributed by atoms with Crippen LogP contribution >= 0.6 is 11.6 Å². The first-order chi connectivity index (χ1) is 14.6. The van der Waals surface area contributed by atoms with Gasteiger partial charge in [-0.3, -0.25) is 14.6 Å². The van der Waals surface area contributed by atoms with Gasteiger partial charge in [-0.1, -0.05) is 11.6 Å². The lowest BCUT2D eigenvalue weighted by atomic mass is 10.1. The number of nitrogens with zero attached hydrogens (tertiary/aromatic N) is 2. The third-order valence-electron chi connectivity index (χ3n) is 5.93. The lowest BCUT2D eigenvalue weighted by Crippen LogP contribution is -2.52. The summed E-state index contributed by atoms with van der Waals surface area (Å²) in [5.74, 6) is 2.30. The number of ketones is 1. The minimum absolute atomic E-state index is 0.0933. The van der Waals surface area contributed by atoms with Crippen molar-refractivity contribution in [2.45, 2.75) is 12.5 Å². The zero-order chi connectivity index (χ0) is 21.1. The number of carbonyl (C=O) groups is 1. The Kier molecular flexibility index (Phi) is 6.46. The average molecular weight is 431 g/mol. The zero-order valence-electron chi connectivity index (χ0n) is 17.4. The highest BCUT2D eigenvalue weighted by Gasteiger charge is 2.37. The Morgan fingerprint density at radius 1 is 1.00 bits per heavy atom. The van der Waals surface area contributed by atoms with E-state index in [1.807, 2.05) is 36.4 Å². The number of rotatable bonds is 7. The van der Waals surface area contributed by atoms with Crippen molar-refractivity contribution in [2.24, 2.45) is 0 Å². The maximum Gasteiger partial charge on any atom is 0.180 e. The number of hydrogen-bond acceptors (Lipinski definition) is 6. The highest BCUT2D eigenvalue weighted by atomic mass is 35.5. The quantitative estimate of drug-likeness (QED) is 0.672. The van der Waals surface area contributed by atoms with Gasteiger partial charge in [-0.15, -0.1) is 0 Å². The van der Waals surface area contributed by atoms with Crippen LogP contribution in [-0.4, -0.2) is 75.2 Å². The molecule has 0 aromatic heterocycles. The molecule has 0 amide bonds. The van der Waals surface area contributed by atoms with Crippen LogP contribution in [0.5, 0.6) is 17.2 Å². The number of piperazine rings is 1. The van der Waals surface area contributed by atoms with Crippen LogP contribution in [0, 0.1) is 0 Å². The second kappa shape index (κ2) is 9.25. The van der Waals surface area contributed by atoms with Crippen molar-refractivity contribution < 1.29 is 19.0 Å². The molecule has 6 nitrogen and oxygen atoms in total. The number of benzene rings is 2. The van der Waals surface area contributed by atoms with E-state index in [0.717, 1.165) is 56.0 Å². The van der Waals surface area contributed by atoms with Crippen LogP contribution in [0.3, 0.4) is 0 Å². The molecule has 2 aromatic rings. The van der Waals surface area contributed by atoms with Gasteiger partial charge < -0.3 is 14.2 Å². The van der Waals surface area contributed by atoms with Crippen molar-refractivity contribution in [1.82, 2.24) is 9.80 Å². The standard InChI is InChI=1S/C23H27ClN2O4/c1-28-21-14-16-13-20(23(27)19(16)15-22(21)29-2)26-9-7-25(8-10-26)11-12-30-18-5-3-17(24)4-6-18/h3-6,14-15,20H,7-13H2,1-2H3. The molecule has 2 aromatic carbocycles. The fraction of sp³-hybridized carbons (Fsp3) is 0.435. The predicted molar refractivity (Wildman–Crippen MR) is 116 cm³/mol. The fourth-order valence-corrected chi connectivity index (χ4v) is 4.34. The van der Waals surface area contributed by atoms with Crippen molar-refractivity contribution in [3.05, 3.63) is 52.5 Å². The van der Waals surface area contributed by atoms with Crippen LogP contribution < -0.4 is 14.2 Å². The first-order valence-electron chi connectivity index (χ1n) is 10.2. The summed E-state index contributed by atoms with van der Waals surface area (Å²) in [6.45, 7) is 5.10. The molecule has 1 heterocycles. The molecule has 2 aliphatic rings. The van der Waals surface area contributed by atoms with Gasteiger partial charge in [0.05, 0.1) is 20.3 Å². The first-order valence-corrected chi connectivity index (χ1v) is 10.6. The van der Waals surface area contributed by atoms with Crippen molar-refractivity contribution in [2.75, 3.05) is 53.6 Å². The molecular formula is C23H27ClN2O4. The summed E-state index contributed by atoms with van der Waals surface area (Å²) >= 11 is 5.90. The number of Topliss-reactive ketones (excluding diaryl/α,β-unsaturated/α-hetero) is 1. The van der Waals surface area contributed by atoms with Crippen molar-refractivity contribution in [3.8, 4) is 17.2 Å². The Hall–Kier alpha value is -2.28. The number of ether oxygens (including phenoxy) is 3. The number of carbonyl (C=O) groups excluding carboxylic acids is 1. The molecule has 0 N–H and O–H groups in total. The highest BCUT2D eigenvalue weighted by Crippen LogP contribution is 2.36. The molecule has 1 atom stereocenters. The Morgan fingerprint density at radius 2 is 1.67 bits per heavy atom. The van der Waals surface area contributed by atoms with Crippen LogP contribution in [0.2, 0.25) is 5.02 Å². The first kappa shape index (κ1) is 21.0. The van der Waals surface area contributed by atoms with E-state index in [1.54, 1.807) is 14.2 Å². The van der Waals surface area contributed by atoms with E-state index in [1.165, 1.54) is 0 Å². The van der Waals surface area contributed by atoms with Gasteiger partial charge in [-0.2, -0.15) is 0 Å². The Morgan fingerprint density at radius 3 is 2.33 bits per heavy atom. The molecule has 1 saturated heterocycles. The summed E-state index contributed by atoms with van der Waals surface area (Å²) in [5.41, 5.74) is 1.80. The van der Waals surface area contributed by atoms with Gasteiger partial charge in [-0.25, -0.2) is 0 Å². The van der Waals surface area contributed by atoms with Gasteiger partial charge in [-0.05, 0) is 48.4 Å². The minimum Gasteiger partial charge on any atom is -0.493 e. The van der Waals surface area contributed by atoms with Gasteiger partial charge in [0.1, 0.15) is 12.4 Å². The van der Waals surface area contributed by atoms with Crippen LogP contribution in [0.25, 0.3) is 0 Å². The maximum absolute atomic E-state index is 13.0. The summed E-state index contributed by atoms with van der Waals surface area (Å²) in [6, 6.07) is 11.1. The van der Waals surface area contributed by atoms with Crippen LogP contribution in [-0.2, 0) is 6.42 Å². The molecule has 160 valence electrons. The molecular weight excluding hydrogens is 404 g/mol. The summed E-state index contributed by atoms with van der Waals surface area (Å²) < 4.78 is 16.6. The van der Waals surface area contributed by atoms with Gasteiger partial charge in [0.2, 0.25) is 0 Å². The molecule has 0 spiro atoms. The lowest BCUT2D eigenvalue weighted by molar-refractivity contribution is 0.0667. The Bertz CT molecular complexity index is 895. The van der Waals surface area contributed by atoms with Gasteiger partial charge in [0.25, 0.3) is 0 Å². The van der Waals surface area contributed by atoms with E-state index < -0.39 is 0 Å². The zero-order valence-corrected chi connectivity index (χ0v) is 18.2. The Balaban J connectivity index is 1.29. The molecule has 0 bridgehead atoms. The molecule has 0 radical (unpaired) electrons. The third kappa shape index (κ3) is 4.41. The fourth-order valence-electron chi connectivity index (χ4n) is 4.22. The summed E-state index contributed by atoms with van der Waals surface area (Å²) in [7, 11) is 3.21. The average Bonchev–Trinajstić information content (AvgIpc) is 3.10.